The van der Waals surface area contributed by atoms with Crippen LogP contribution in [0.2, 0.25) is 0 Å². The highest BCUT2D eigenvalue weighted by molar-refractivity contribution is 5.69. The molecule has 0 aliphatic carbocycles. The Balaban J connectivity index is 2.60. The van der Waals surface area contributed by atoms with Crippen molar-refractivity contribution in [2.24, 2.45) is 0 Å². The van der Waals surface area contributed by atoms with Gasteiger partial charge in [-0.05, 0) is 49.1 Å². The van der Waals surface area contributed by atoms with Gasteiger partial charge in [0.25, 0.3) is 0 Å². The van der Waals surface area contributed by atoms with Crippen LogP contribution in [-0.2, 0) is 21.4 Å². The van der Waals surface area contributed by atoms with Gasteiger partial charge in [0.15, 0.2) is 0 Å². The number of carbonyl (C=O) groups is 1. The molecule has 0 radical (unpaired) electrons. The fourth-order valence-corrected chi connectivity index (χ4v) is 2.73. The molecule has 0 saturated carbocycles. The van der Waals surface area contributed by atoms with Gasteiger partial charge in [0.2, 0.25) is 0 Å². The molecule has 0 bridgehead atoms. The van der Waals surface area contributed by atoms with Crippen molar-refractivity contribution in [2.45, 2.75) is 65.2 Å². The Kier molecular flexibility index (Phi) is 8.26. The van der Waals surface area contributed by atoms with Gasteiger partial charge in [-0.1, -0.05) is 32.9 Å². The molecule has 1 aromatic carbocycles. The van der Waals surface area contributed by atoms with E-state index in [1.54, 1.807) is 7.11 Å². The molecule has 0 unspecified atom stereocenters. The van der Waals surface area contributed by atoms with E-state index in [0.29, 0.717) is 19.4 Å². The molecular formula is C20H32O4. The van der Waals surface area contributed by atoms with E-state index in [9.17, 15) is 4.79 Å². The van der Waals surface area contributed by atoms with Crippen LogP contribution >= 0.6 is 0 Å². The lowest BCUT2D eigenvalue weighted by Crippen LogP contribution is -2.14. The van der Waals surface area contributed by atoms with Gasteiger partial charge in [0, 0.05) is 18.6 Å². The van der Waals surface area contributed by atoms with E-state index >= 15 is 0 Å². The van der Waals surface area contributed by atoms with E-state index in [-0.39, 0.29) is 18.0 Å². The summed E-state index contributed by atoms with van der Waals surface area (Å²) in [7, 11) is 1.71. The molecule has 0 amide bonds. The zero-order valence-electron chi connectivity index (χ0n) is 15.8. The van der Waals surface area contributed by atoms with Crippen molar-refractivity contribution in [3.8, 4) is 5.75 Å². The van der Waals surface area contributed by atoms with Crippen LogP contribution in [0.25, 0.3) is 0 Å². The number of hydrogen-bond acceptors (Lipinski definition) is 4. The van der Waals surface area contributed by atoms with Crippen LogP contribution in [0, 0.1) is 6.92 Å². The van der Waals surface area contributed by atoms with Crippen molar-refractivity contribution in [2.75, 3.05) is 20.3 Å². The Bertz CT molecular complexity index is 529. The number of benzene rings is 1. The number of hydrogen-bond donors (Lipinski definition) is 1. The summed E-state index contributed by atoms with van der Waals surface area (Å²) in [4.78, 5) is 11.7. The van der Waals surface area contributed by atoms with Crippen LogP contribution in [0.5, 0.6) is 5.75 Å². The third kappa shape index (κ3) is 6.52. The number of unbranched alkanes of at least 4 members (excludes halogenated alkanes) is 1. The van der Waals surface area contributed by atoms with Crippen molar-refractivity contribution in [1.29, 1.82) is 0 Å². The first-order valence-electron chi connectivity index (χ1n) is 8.74. The first-order valence-corrected chi connectivity index (χ1v) is 8.74. The molecule has 0 atom stereocenters. The van der Waals surface area contributed by atoms with E-state index in [2.05, 4.69) is 39.8 Å². The Morgan fingerprint density at radius 1 is 1.17 bits per heavy atom. The number of ether oxygens (including phenoxy) is 2. The number of aryl methyl sites for hydroxylation is 2. The summed E-state index contributed by atoms with van der Waals surface area (Å²) >= 11 is 0. The Labute approximate surface area is 146 Å². The van der Waals surface area contributed by atoms with Crippen LogP contribution in [0.4, 0.5) is 0 Å². The fourth-order valence-electron chi connectivity index (χ4n) is 2.73. The van der Waals surface area contributed by atoms with Gasteiger partial charge in [-0.2, -0.15) is 0 Å². The number of aliphatic hydroxyl groups is 1. The second kappa shape index (κ2) is 9.67. The molecule has 4 nitrogen and oxygen atoms in total. The predicted octanol–water partition coefficient (Wildman–Crippen LogP) is 3.94. The van der Waals surface area contributed by atoms with Gasteiger partial charge < -0.3 is 14.6 Å². The number of rotatable bonds is 9. The highest BCUT2D eigenvalue weighted by atomic mass is 16.5. The summed E-state index contributed by atoms with van der Waals surface area (Å²) in [6, 6.07) is 4.33. The lowest BCUT2D eigenvalue weighted by atomic mass is 9.83. The maximum Gasteiger partial charge on any atom is 0.305 e. The van der Waals surface area contributed by atoms with Gasteiger partial charge in [-0.3, -0.25) is 4.79 Å². The average Bonchev–Trinajstić information content (AvgIpc) is 2.50. The third-order valence-electron chi connectivity index (χ3n) is 4.01. The minimum Gasteiger partial charge on any atom is -0.496 e. The Morgan fingerprint density at radius 3 is 2.46 bits per heavy atom. The van der Waals surface area contributed by atoms with Crippen LogP contribution in [0.1, 0.15) is 63.1 Å². The predicted molar refractivity (Wildman–Crippen MR) is 96.6 cm³/mol. The van der Waals surface area contributed by atoms with Crippen molar-refractivity contribution >= 4 is 5.97 Å². The Hall–Kier alpha value is -1.55. The summed E-state index contributed by atoms with van der Waals surface area (Å²) in [5.74, 6) is 0.795. The lowest BCUT2D eigenvalue weighted by Gasteiger charge is -2.24. The van der Waals surface area contributed by atoms with Crippen LogP contribution in [0.3, 0.4) is 0 Å². The average molecular weight is 336 g/mol. The van der Waals surface area contributed by atoms with Crippen LogP contribution < -0.4 is 4.74 Å². The smallest absolute Gasteiger partial charge is 0.305 e. The first kappa shape index (κ1) is 20.5. The maximum atomic E-state index is 11.7. The molecule has 4 heteroatoms. The van der Waals surface area contributed by atoms with E-state index in [1.807, 2.05) is 0 Å². The van der Waals surface area contributed by atoms with Gasteiger partial charge in [-0.15, -0.1) is 0 Å². The molecule has 0 fully saturated rings. The normalized spacial score (nSPS) is 11.4. The molecule has 0 aliphatic heterocycles. The van der Waals surface area contributed by atoms with Crippen molar-refractivity contribution < 1.29 is 19.4 Å². The SMILES string of the molecule is COc1c(C)cc(CCCC(=O)OCCCCO)cc1C(C)(C)C. The number of carbonyl (C=O) groups excluding carboxylic acids is 1. The molecule has 1 N–H and O–H groups in total. The summed E-state index contributed by atoms with van der Waals surface area (Å²) in [5, 5.41) is 8.69. The molecular weight excluding hydrogens is 304 g/mol. The van der Waals surface area contributed by atoms with Crippen LogP contribution in [-0.4, -0.2) is 31.4 Å². The molecule has 1 rings (SSSR count). The van der Waals surface area contributed by atoms with Gasteiger partial charge in [0.1, 0.15) is 5.75 Å². The highest BCUT2D eigenvalue weighted by Gasteiger charge is 2.21. The number of aliphatic hydroxyl groups excluding tert-OH is 1. The summed E-state index contributed by atoms with van der Waals surface area (Å²) in [6.45, 7) is 9.14. The van der Waals surface area contributed by atoms with Crippen molar-refractivity contribution in [1.82, 2.24) is 0 Å². The van der Waals surface area contributed by atoms with E-state index in [4.69, 9.17) is 14.6 Å². The second-order valence-electron chi connectivity index (χ2n) is 7.25. The van der Waals surface area contributed by atoms with E-state index < -0.39 is 0 Å². The minimum atomic E-state index is -0.158. The van der Waals surface area contributed by atoms with E-state index in [1.165, 1.54) is 11.1 Å². The summed E-state index contributed by atoms with van der Waals surface area (Å²) in [6.07, 6.45) is 3.44. The third-order valence-corrected chi connectivity index (χ3v) is 4.01. The van der Waals surface area contributed by atoms with Crippen LogP contribution in [0.15, 0.2) is 12.1 Å². The quantitative estimate of drug-likeness (QED) is 0.548. The zero-order chi connectivity index (χ0) is 18.2. The van der Waals surface area contributed by atoms with Gasteiger partial charge >= 0.3 is 5.97 Å². The maximum absolute atomic E-state index is 11.7. The van der Waals surface area contributed by atoms with Gasteiger partial charge in [0.05, 0.1) is 13.7 Å². The first-order chi connectivity index (χ1) is 11.3. The minimum absolute atomic E-state index is 0.0117. The molecule has 1 aromatic rings. The monoisotopic (exact) mass is 336 g/mol. The van der Waals surface area contributed by atoms with Crippen molar-refractivity contribution in [3.05, 3.63) is 28.8 Å². The highest BCUT2D eigenvalue weighted by Crippen LogP contribution is 2.35. The van der Waals surface area contributed by atoms with E-state index in [0.717, 1.165) is 30.6 Å². The number of methoxy groups -OCH3 is 1. The molecule has 0 aliphatic rings. The van der Waals surface area contributed by atoms with Crippen molar-refractivity contribution in [3.63, 3.8) is 0 Å². The summed E-state index contributed by atoms with van der Waals surface area (Å²) < 4.78 is 10.7. The lowest BCUT2D eigenvalue weighted by molar-refractivity contribution is -0.143. The fraction of sp³-hybridized carbons (Fsp3) is 0.650. The molecule has 0 heterocycles. The molecule has 24 heavy (non-hydrogen) atoms. The summed E-state index contributed by atoms with van der Waals surface area (Å²) in [5.41, 5.74) is 3.57. The second-order valence-corrected chi connectivity index (χ2v) is 7.25. The molecule has 0 spiro atoms. The molecule has 136 valence electrons. The van der Waals surface area contributed by atoms with Gasteiger partial charge in [-0.25, -0.2) is 0 Å². The largest absolute Gasteiger partial charge is 0.496 e. The molecule has 0 aromatic heterocycles. The topological polar surface area (TPSA) is 55.8 Å². The number of esters is 1. The Morgan fingerprint density at radius 2 is 1.88 bits per heavy atom. The molecule has 0 saturated heterocycles. The zero-order valence-corrected chi connectivity index (χ0v) is 15.8. The standard InChI is InChI=1S/C20H32O4/c1-15-13-16(14-17(19(15)23-5)20(2,3)4)9-8-10-18(22)24-12-7-6-11-21/h13-14,21H,6-12H2,1-5H3.